The van der Waals surface area contributed by atoms with E-state index >= 15 is 0 Å². The predicted molar refractivity (Wildman–Crippen MR) is 113 cm³/mol. The lowest BCUT2D eigenvalue weighted by molar-refractivity contribution is -0.131. The number of amides is 3. The Labute approximate surface area is 176 Å². The Morgan fingerprint density at radius 1 is 1.03 bits per heavy atom. The van der Waals surface area contributed by atoms with Crippen LogP contribution in [0.2, 0.25) is 0 Å². The molecule has 0 unspecified atom stereocenters. The first-order valence-electron chi connectivity index (χ1n) is 9.72. The van der Waals surface area contributed by atoms with Crippen molar-refractivity contribution in [1.29, 1.82) is 0 Å². The summed E-state index contributed by atoms with van der Waals surface area (Å²) in [6, 6.07) is 8.76. The van der Waals surface area contributed by atoms with Crippen LogP contribution < -0.4 is 4.90 Å². The maximum atomic E-state index is 12.8. The molecule has 0 spiro atoms. The average Bonchev–Trinajstić information content (AvgIpc) is 3.26. The zero-order valence-electron chi connectivity index (χ0n) is 16.4. The van der Waals surface area contributed by atoms with E-state index in [1.54, 1.807) is 46.8 Å². The lowest BCUT2D eigenvalue weighted by Gasteiger charge is -2.36. The van der Waals surface area contributed by atoms with Crippen LogP contribution >= 0.6 is 11.3 Å². The highest BCUT2D eigenvalue weighted by atomic mass is 32.1. The molecule has 1 aromatic carbocycles. The van der Waals surface area contributed by atoms with Gasteiger partial charge in [-0.25, -0.2) is 9.97 Å². The molecule has 2 aliphatic heterocycles. The molecule has 0 N–H and O–H groups in total. The monoisotopic (exact) mass is 421 g/mol. The molecule has 0 radical (unpaired) electrons. The van der Waals surface area contributed by atoms with Gasteiger partial charge in [-0.1, -0.05) is 12.1 Å². The molecule has 9 heteroatoms. The lowest BCUT2D eigenvalue weighted by Crippen LogP contribution is -2.52. The average molecular weight is 421 g/mol. The van der Waals surface area contributed by atoms with Crippen molar-refractivity contribution in [3.05, 3.63) is 52.7 Å². The number of fused-ring (bicyclic) bond motifs is 2. The predicted octanol–water partition coefficient (Wildman–Crippen LogP) is 1.94. The molecule has 0 bridgehead atoms. The molecule has 3 amide bonds. The zero-order valence-corrected chi connectivity index (χ0v) is 17.2. The third-order valence-corrected chi connectivity index (χ3v) is 6.49. The molecule has 0 aliphatic carbocycles. The number of nitrogens with zero attached hydrogens (tertiary/aromatic N) is 5. The number of carbonyl (C=O) groups is 3. The minimum absolute atomic E-state index is 0.219. The van der Waals surface area contributed by atoms with Crippen molar-refractivity contribution in [3.63, 3.8) is 0 Å². The topological polar surface area (TPSA) is 86.7 Å². The lowest BCUT2D eigenvalue weighted by atomic mass is 10.1. The fourth-order valence-corrected chi connectivity index (χ4v) is 4.84. The van der Waals surface area contributed by atoms with Gasteiger partial charge in [0.15, 0.2) is 0 Å². The normalized spacial score (nSPS) is 16.5. The van der Waals surface area contributed by atoms with Crippen LogP contribution in [0.5, 0.6) is 0 Å². The number of piperazine rings is 1. The second-order valence-corrected chi connectivity index (χ2v) is 8.62. The van der Waals surface area contributed by atoms with Gasteiger partial charge in [-0.3, -0.25) is 19.3 Å². The zero-order chi connectivity index (χ0) is 20.8. The highest BCUT2D eigenvalue weighted by molar-refractivity contribution is 7.18. The maximum absolute atomic E-state index is 12.8. The van der Waals surface area contributed by atoms with E-state index in [2.05, 4.69) is 20.9 Å². The molecule has 3 aromatic rings. The number of hydrogen-bond acceptors (Lipinski definition) is 7. The first kappa shape index (κ1) is 18.7. The van der Waals surface area contributed by atoms with Crippen LogP contribution in [0.25, 0.3) is 10.2 Å². The summed E-state index contributed by atoms with van der Waals surface area (Å²) in [5.41, 5.74) is 0.720. The summed E-state index contributed by atoms with van der Waals surface area (Å²) < 4.78 is 0. The summed E-state index contributed by atoms with van der Waals surface area (Å²) in [6.45, 7) is 4.11. The van der Waals surface area contributed by atoms with Gasteiger partial charge in [-0.15, -0.1) is 11.3 Å². The standard InChI is InChI=1S/C21H19N5O3S/c1-13-10-16-18(22-12-23-19(16)30-13)25-8-6-24(7-9-25)17(27)11-26-20(28)14-4-2-3-5-15(14)21(26)29/h2-5,10,12H,6-9,11H2,1H3. The molecule has 4 heterocycles. The van der Waals surface area contributed by atoms with Crippen molar-refractivity contribution in [2.75, 3.05) is 37.6 Å². The molecule has 1 saturated heterocycles. The van der Waals surface area contributed by atoms with Gasteiger partial charge >= 0.3 is 0 Å². The molecule has 5 rings (SSSR count). The molecule has 8 nitrogen and oxygen atoms in total. The SMILES string of the molecule is Cc1cc2c(N3CCN(C(=O)CN4C(=O)c5ccccc5C4=O)CC3)ncnc2s1. The summed E-state index contributed by atoms with van der Waals surface area (Å²) >= 11 is 1.64. The number of hydrogen-bond donors (Lipinski definition) is 0. The molecule has 2 aromatic heterocycles. The van der Waals surface area contributed by atoms with Crippen molar-refractivity contribution in [2.24, 2.45) is 0 Å². The van der Waals surface area contributed by atoms with E-state index in [-0.39, 0.29) is 12.5 Å². The minimum atomic E-state index is -0.404. The van der Waals surface area contributed by atoms with Crippen molar-refractivity contribution >= 4 is 45.1 Å². The Kier molecular flexibility index (Phi) is 4.47. The quantitative estimate of drug-likeness (QED) is 0.601. The first-order chi connectivity index (χ1) is 14.5. The third kappa shape index (κ3) is 3.02. The van der Waals surface area contributed by atoms with Crippen LogP contribution in [-0.2, 0) is 4.79 Å². The smallest absolute Gasteiger partial charge is 0.262 e. The Morgan fingerprint density at radius 3 is 2.37 bits per heavy atom. The van der Waals surface area contributed by atoms with Gasteiger partial charge < -0.3 is 9.80 Å². The second kappa shape index (κ2) is 7.17. The van der Waals surface area contributed by atoms with Crippen molar-refractivity contribution in [2.45, 2.75) is 6.92 Å². The summed E-state index contributed by atoms with van der Waals surface area (Å²) in [6.07, 6.45) is 1.58. The molecule has 0 saturated carbocycles. The number of benzene rings is 1. The maximum Gasteiger partial charge on any atom is 0.262 e. The fourth-order valence-electron chi connectivity index (χ4n) is 4.00. The van der Waals surface area contributed by atoms with Crippen molar-refractivity contribution < 1.29 is 14.4 Å². The molecule has 1 fully saturated rings. The highest BCUT2D eigenvalue weighted by Crippen LogP contribution is 2.30. The number of rotatable bonds is 3. The van der Waals surface area contributed by atoms with E-state index in [1.165, 1.54) is 4.88 Å². The third-order valence-electron chi connectivity index (χ3n) is 5.54. The van der Waals surface area contributed by atoms with E-state index in [1.807, 2.05) is 6.92 Å². The Hall–Kier alpha value is -3.33. The molecular weight excluding hydrogens is 402 g/mol. The molecular formula is C21H19N5O3S. The summed E-state index contributed by atoms with van der Waals surface area (Å²) in [5.74, 6) is -0.141. The highest BCUT2D eigenvalue weighted by Gasteiger charge is 2.37. The van der Waals surface area contributed by atoms with Crippen LogP contribution in [0.3, 0.4) is 0 Å². The van der Waals surface area contributed by atoms with Gasteiger partial charge in [0, 0.05) is 31.1 Å². The van der Waals surface area contributed by atoms with E-state index < -0.39 is 11.8 Å². The van der Waals surface area contributed by atoms with E-state index in [9.17, 15) is 14.4 Å². The van der Waals surface area contributed by atoms with Gasteiger partial charge in [-0.2, -0.15) is 0 Å². The summed E-state index contributed by atoms with van der Waals surface area (Å²) in [7, 11) is 0. The van der Waals surface area contributed by atoms with Crippen LogP contribution in [0, 0.1) is 6.92 Å². The Morgan fingerprint density at radius 2 is 1.70 bits per heavy atom. The molecule has 0 atom stereocenters. The number of imide groups is 1. The number of aryl methyl sites for hydroxylation is 1. The minimum Gasteiger partial charge on any atom is -0.352 e. The summed E-state index contributed by atoms with van der Waals surface area (Å²) in [4.78, 5) is 53.6. The number of anilines is 1. The van der Waals surface area contributed by atoms with Crippen molar-refractivity contribution in [1.82, 2.24) is 19.8 Å². The van der Waals surface area contributed by atoms with Crippen LogP contribution in [0.15, 0.2) is 36.7 Å². The van der Waals surface area contributed by atoms with Gasteiger partial charge in [-0.05, 0) is 25.1 Å². The van der Waals surface area contributed by atoms with Crippen molar-refractivity contribution in [3.8, 4) is 0 Å². The molecule has 2 aliphatic rings. The van der Waals surface area contributed by atoms with E-state index in [4.69, 9.17) is 0 Å². The van der Waals surface area contributed by atoms with Gasteiger partial charge in [0.05, 0.1) is 16.5 Å². The fraction of sp³-hybridized carbons (Fsp3) is 0.286. The van der Waals surface area contributed by atoms with Gasteiger partial charge in [0.2, 0.25) is 5.91 Å². The second-order valence-electron chi connectivity index (χ2n) is 7.38. The molecule has 30 heavy (non-hydrogen) atoms. The summed E-state index contributed by atoms with van der Waals surface area (Å²) in [5, 5.41) is 1.03. The van der Waals surface area contributed by atoms with Crippen LogP contribution in [-0.4, -0.2) is 70.2 Å². The number of aromatic nitrogens is 2. The van der Waals surface area contributed by atoms with Gasteiger partial charge in [0.25, 0.3) is 11.8 Å². The van der Waals surface area contributed by atoms with E-state index in [0.717, 1.165) is 20.9 Å². The molecule has 152 valence electrons. The number of carbonyl (C=O) groups excluding carboxylic acids is 3. The largest absolute Gasteiger partial charge is 0.352 e. The first-order valence-corrected chi connectivity index (χ1v) is 10.5. The van der Waals surface area contributed by atoms with Crippen LogP contribution in [0.4, 0.5) is 5.82 Å². The Balaban J connectivity index is 1.25. The van der Waals surface area contributed by atoms with Gasteiger partial charge in [0.1, 0.15) is 23.5 Å². The van der Waals surface area contributed by atoms with E-state index in [0.29, 0.717) is 37.3 Å². The van der Waals surface area contributed by atoms with Crippen LogP contribution in [0.1, 0.15) is 25.6 Å². The Bertz CT molecular complexity index is 1150. The number of thiophene rings is 1.